The van der Waals surface area contributed by atoms with E-state index in [0.717, 1.165) is 27.5 Å². The van der Waals surface area contributed by atoms with E-state index in [0.29, 0.717) is 5.56 Å². The van der Waals surface area contributed by atoms with E-state index in [1.807, 2.05) is 53.1 Å². The van der Waals surface area contributed by atoms with Crippen LogP contribution in [0.3, 0.4) is 0 Å². The van der Waals surface area contributed by atoms with Gasteiger partial charge in [-0.2, -0.15) is 0 Å². The zero-order valence-electron chi connectivity index (χ0n) is 15.6. The van der Waals surface area contributed by atoms with Gasteiger partial charge >= 0.3 is 0 Å². The molecule has 29 heavy (non-hydrogen) atoms. The highest BCUT2D eigenvalue weighted by Gasteiger charge is 2.35. The lowest BCUT2D eigenvalue weighted by atomic mass is 9.97. The lowest BCUT2D eigenvalue weighted by molar-refractivity contribution is -0.0494. The quantitative estimate of drug-likeness (QED) is 0.507. The Morgan fingerprint density at radius 1 is 1.03 bits per heavy atom. The van der Waals surface area contributed by atoms with Crippen molar-refractivity contribution in [2.75, 3.05) is 13.1 Å². The molecule has 0 atom stereocenters. The van der Waals surface area contributed by atoms with E-state index in [1.54, 1.807) is 12.4 Å². The number of carbonyl (C=O) groups is 1. The second-order valence-electron chi connectivity index (χ2n) is 7.40. The van der Waals surface area contributed by atoms with Gasteiger partial charge in [-0.25, -0.2) is 8.78 Å². The van der Waals surface area contributed by atoms with E-state index in [2.05, 4.69) is 10.2 Å². The molecular formula is C22H18F2N4O. The van der Waals surface area contributed by atoms with Crippen LogP contribution in [-0.2, 0) is 0 Å². The Morgan fingerprint density at radius 3 is 2.69 bits per heavy atom. The number of halogens is 2. The molecule has 1 aliphatic heterocycles. The number of carbonyl (C=O) groups excluding carboxylic acids is 1. The second-order valence-corrected chi connectivity index (χ2v) is 7.40. The molecule has 7 heteroatoms. The molecule has 2 aromatic heterocycles. The predicted molar refractivity (Wildman–Crippen MR) is 106 cm³/mol. The van der Waals surface area contributed by atoms with Crippen molar-refractivity contribution >= 4 is 22.3 Å². The fraction of sp³-hybridized carbons (Fsp3) is 0.227. The molecule has 5 rings (SSSR count). The van der Waals surface area contributed by atoms with Gasteiger partial charge in [0.1, 0.15) is 6.33 Å². The van der Waals surface area contributed by atoms with E-state index in [1.165, 1.54) is 4.90 Å². The van der Waals surface area contributed by atoms with Crippen LogP contribution in [0, 0.1) is 0 Å². The normalized spacial score (nSPS) is 16.4. The molecule has 0 radical (unpaired) electrons. The van der Waals surface area contributed by atoms with Gasteiger partial charge in [0.25, 0.3) is 11.8 Å². The van der Waals surface area contributed by atoms with Crippen molar-refractivity contribution in [3.05, 3.63) is 66.6 Å². The lowest BCUT2D eigenvalue weighted by Gasteiger charge is -2.31. The van der Waals surface area contributed by atoms with Gasteiger partial charge in [0.2, 0.25) is 0 Å². The number of piperidine rings is 1. The van der Waals surface area contributed by atoms with E-state index in [4.69, 9.17) is 0 Å². The fourth-order valence-electron chi connectivity index (χ4n) is 3.87. The summed E-state index contributed by atoms with van der Waals surface area (Å²) in [5.74, 6) is -2.86. The molecule has 1 aliphatic rings. The van der Waals surface area contributed by atoms with Crippen molar-refractivity contribution in [1.82, 2.24) is 19.5 Å². The van der Waals surface area contributed by atoms with Crippen LogP contribution in [-0.4, -0.2) is 44.4 Å². The number of hydrogen-bond acceptors (Lipinski definition) is 3. The van der Waals surface area contributed by atoms with Gasteiger partial charge < -0.3 is 4.90 Å². The molecular weight excluding hydrogens is 374 g/mol. The average molecular weight is 392 g/mol. The number of aromatic nitrogens is 3. The Morgan fingerprint density at radius 2 is 1.86 bits per heavy atom. The van der Waals surface area contributed by atoms with Gasteiger partial charge in [0, 0.05) is 37.7 Å². The third kappa shape index (κ3) is 3.22. The number of benzene rings is 2. The van der Waals surface area contributed by atoms with E-state index in [9.17, 15) is 13.6 Å². The predicted octanol–water partition coefficient (Wildman–Crippen LogP) is 4.42. The average Bonchev–Trinajstić information content (AvgIpc) is 3.20. The summed E-state index contributed by atoms with van der Waals surface area (Å²) in [5.41, 5.74) is 3.32. The summed E-state index contributed by atoms with van der Waals surface area (Å²) in [5, 5.41) is 9.94. The van der Waals surface area contributed by atoms with Crippen molar-refractivity contribution in [2.24, 2.45) is 0 Å². The second kappa shape index (κ2) is 6.62. The Balaban J connectivity index is 1.49. The lowest BCUT2D eigenvalue weighted by Crippen LogP contribution is -2.42. The summed E-state index contributed by atoms with van der Waals surface area (Å²) in [6, 6.07) is 15.4. The molecule has 0 aliphatic carbocycles. The highest BCUT2D eigenvalue weighted by molar-refractivity contribution is 6.02. The van der Waals surface area contributed by atoms with Crippen molar-refractivity contribution < 1.29 is 13.6 Å². The smallest absolute Gasteiger partial charge is 0.253 e. The van der Waals surface area contributed by atoms with E-state index >= 15 is 0 Å². The summed E-state index contributed by atoms with van der Waals surface area (Å²) in [4.78, 5) is 14.3. The number of hydrogen-bond donors (Lipinski definition) is 0. The van der Waals surface area contributed by atoms with Gasteiger partial charge in [0.15, 0.2) is 5.65 Å². The number of pyridine rings is 1. The first-order valence-electron chi connectivity index (χ1n) is 9.50. The third-order valence-electron chi connectivity index (χ3n) is 5.52. The first-order chi connectivity index (χ1) is 14.0. The number of alkyl halides is 2. The van der Waals surface area contributed by atoms with Gasteiger partial charge in [0.05, 0.1) is 0 Å². The standard InChI is InChI=1S/C22H18F2N4O/c23-22(24)7-10-27(11-8-22)21(29)17-4-5-19-15(12-17)2-1-3-18(19)16-6-9-28-14-25-26-20(28)13-16/h1-6,9,12-14H,7-8,10-11H2. The zero-order valence-corrected chi connectivity index (χ0v) is 15.6. The van der Waals surface area contributed by atoms with Gasteiger partial charge in [-0.3, -0.25) is 9.20 Å². The number of likely N-dealkylation sites (tertiary alicyclic amines) is 1. The number of fused-ring (bicyclic) bond motifs is 2. The highest BCUT2D eigenvalue weighted by Crippen LogP contribution is 2.31. The van der Waals surface area contributed by atoms with Crippen LogP contribution >= 0.6 is 0 Å². The molecule has 0 spiro atoms. The minimum absolute atomic E-state index is 0.0856. The van der Waals surface area contributed by atoms with Crippen molar-refractivity contribution in [1.29, 1.82) is 0 Å². The summed E-state index contributed by atoms with van der Waals surface area (Å²) in [6.07, 6.45) is 3.01. The molecule has 1 saturated heterocycles. The number of rotatable bonds is 2. The number of nitrogens with zero attached hydrogens (tertiary/aromatic N) is 4. The molecule has 3 heterocycles. The summed E-state index contributed by atoms with van der Waals surface area (Å²) < 4.78 is 28.6. The Hall–Kier alpha value is -3.35. The summed E-state index contributed by atoms with van der Waals surface area (Å²) in [7, 11) is 0. The van der Waals surface area contributed by atoms with Crippen LogP contribution in [0.15, 0.2) is 61.1 Å². The molecule has 0 saturated carbocycles. The molecule has 2 aromatic carbocycles. The largest absolute Gasteiger partial charge is 0.338 e. The van der Waals surface area contributed by atoms with Gasteiger partial charge in [-0.05, 0) is 46.2 Å². The maximum atomic E-state index is 13.4. The van der Waals surface area contributed by atoms with Crippen LogP contribution in [0.4, 0.5) is 8.78 Å². The first kappa shape index (κ1) is 17.7. The van der Waals surface area contributed by atoms with Crippen LogP contribution in [0.2, 0.25) is 0 Å². The monoisotopic (exact) mass is 392 g/mol. The van der Waals surface area contributed by atoms with Crippen molar-refractivity contribution in [2.45, 2.75) is 18.8 Å². The van der Waals surface area contributed by atoms with Gasteiger partial charge in [-0.15, -0.1) is 10.2 Å². The van der Waals surface area contributed by atoms with Crippen LogP contribution in [0.1, 0.15) is 23.2 Å². The van der Waals surface area contributed by atoms with E-state index in [-0.39, 0.29) is 31.8 Å². The van der Waals surface area contributed by atoms with Crippen LogP contribution in [0.5, 0.6) is 0 Å². The molecule has 0 N–H and O–H groups in total. The SMILES string of the molecule is O=C(c1ccc2c(-c3ccn4cnnc4c3)cccc2c1)N1CCC(F)(F)CC1. The van der Waals surface area contributed by atoms with Crippen molar-refractivity contribution in [3.8, 4) is 11.1 Å². The minimum atomic E-state index is -2.67. The molecule has 0 unspecified atom stereocenters. The topological polar surface area (TPSA) is 50.5 Å². The molecule has 146 valence electrons. The minimum Gasteiger partial charge on any atom is -0.338 e. The fourth-order valence-corrected chi connectivity index (χ4v) is 3.87. The third-order valence-corrected chi connectivity index (χ3v) is 5.52. The zero-order chi connectivity index (χ0) is 20.0. The summed E-state index contributed by atoms with van der Waals surface area (Å²) >= 11 is 0. The van der Waals surface area contributed by atoms with Crippen molar-refractivity contribution in [3.63, 3.8) is 0 Å². The molecule has 5 nitrogen and oxygen atoms in total. The molecule has 1 amide bonds. The maximum absolute atomic E-state index is 13.4. The Bertz CT molecular complexity index is 1220. The molecule has 1 fully saturated rings. The van der Waals surface area contributed by atoms with Crippen LogP contribution < -0.4 is 0 Å². The van der Waals surface area contributed by atoms with Crippen LogP contribution in [0.25, 0.3) is 27.5 Å². The highest BCUT2D eigenvalue weighted by atomic mass is 19.3. The Labute approximate surface area is 165 Å². The summed E-state index contributed by atoms with van der Waals surface area (Å²) in [6.45, 7) is 0.171. The first-order valence-corrected chi connectivity index (χ1v) is 9.50. The van der Waals surface area contributed by atoms with Gasteiger partial charge in [-0.1, -0.05) is 24.3 Å². The molecule has 4 aromatic rings. The Kier molecular flexibility index (Phi) is 4.04. The maximum Gasteiger partial charge on any atom is 0.253 e. The number of amides is 1. The molecule has 0 bridgehead atoms. The van der Waals surface area contributed by atoms with E-state index < -0.39 is 5.92 Å².